The molecule has 2 fully saturated rings. The summed E-state index contributed by atoms with van der Waals surface area (Å²) in [6, 6.07) is 4.26. The Kier molecular flexibility index (Phi) is 5.37. The van der Waals surface area contributed by atoms with Gasteiger partial charge in [-0.3, -0.25) is 9.59 Å². The summed E-state index contributed by atoms with van der Waals surface area (Å²) in [5, 5.41) is 10.1. The lowest BCUT2D eigenvalue weighted by Gasteiger charge is -2.31. The lowest BCUT2D eigenvalue weighted by molar-refractivity contribution is -0.117. The molecule has 136 valence electrons. The summed E-state index contributed by atoms with van der Waals surface area (Å²) >= 11 is 0. The lowest BCUT2D eigenvalue weighted by Crippen LogP contribution is -2.38. The molecule has 0 aromatic heterocycles. The van der Waals surface area contributed by atoms with Crippen LogP contribution in [0, 0.1) is 11.7 Å². The molecule has 0 radical (unpaired) electrons. The largest absolute Gasteiger partial charge is 0.393 e. The Hall–Kier alpha value is -1.95. The number of rotatable bonds is 4. The smallest absolute Gasteiger partial charge is 0.256 e. The Morgan fingerprint density at radius 2 is 2.08 bits per heavy atom. The minimum absolute atomic E-state index is 0.00342. The van der Waals surface area contributed by atoms with Gasteiger partial charge in [0.1, 0.15) is 5.82 Å². The summed E-state index contributed by atoms with van der Waals surface area (Å²) in [5.41, 5.74) is 0.545. The van der Waals surface area contributed by atoms with E-state index in [1.807, 2.05) is 0 Å². The molecule has 2 atom stereocenters. The normalized spacial score (nSPS) is 23.8. The summed E-state index contributed by atoms with van der Waals surface area (Å²) in [4.78, 5) is 27.7. The van der Waals surface area contributed by atoms with E-state index in [0.29, 0.717) is 25.2 Å². The zero-order chi connectivity index (χ0) is 18.0. The van der Waals surface area contributed by atoms with Gasteiger partial charge in [0.05, 0.1) is 11.7 Å². The fraction of sp³-hybridized carbons (Fsp3) is 0.579. The number of hydrogen-bond acceptors (Lipinski definition) is 3. The van der Waals surface area contributed by atoms with Gasteiger partial charge in [0, 0.05) is 38.2 Å². The summed E-state index contributed by atoms with van der Waals surface area (Å²) in [7, 11) is 1.64. The van der Waals surface area contributed by atoms with Gasteiger partial charge in [-0.25, -0.2) is 4.39 Å². The summed E-state index contributed by atoms with van der Waals surface area (Å²) in [5.74, 6) is -0.960. The molecule has 2 amide bonds. The first-order valence-electron chi connectivity index (χ1n) is 9.01. The summed E-state index contributed by atoms with van der Waals surface area (Å²) in [6.45, 7) is 1.01. The van der Waals surface area contributed by atoms with E-state index in [1.165, 1.54) is 17.0 Å². The van der Waals surface area contributed by atoms with Crippen LogP contribution in [0.25, 0.3) is 0 Å². The second-order valence-corrected chi connectivity index (χ2v) is 7.11. The molecule has 1 aliphatic carbocycles. The average molecular weight is 348 g/mol. The molecule has 0 bridgehead atoms. The second-order valence-electron chi connectivity index (χ2n) is 7.11. The molecule has 1 saturated carbocycles. The number of halogens is 1. The maximum absolute atomic E-state index is 14.2. The number of amides is 2. The lowest BCUT2D eigenvalue weighted by atomic mass is 9.86. The number of carbonyl (C=O) groups excluding carboxylic acids is 2. The molecule has 1 N–H and O–H groups in total. The van der Waals surface area contributed by atoms with Crippen LogP contribution in [0.15, 0.2) is 18.2 Å². The number of benzene rings is 1. The monoisotopic (exact) mass is 348 g/mol. The fourth-order valence-electron chi connectivity index (χ4n) is 3.81. The molecule has 5 nitrogen and oxygen atoms in total. The van der Waals surface area contributed by atoms with Gasteiger partial charge in [0.2, 0.25) is 5.91 Å². The van der Waals surface area contributed by atoms with Crippen molar-refractivity contribution in [2.24, 2.45) is 5.92 Å². The number of anilines is 1. The number of carbonyl (C=O) groups is 2. The van der Waals surface area contributed by atoms with Crippen molar-refractivity contribution in [1.82, 2.24) is 4.90 Å². The molecule has 6 heteroatoms. The topological polar surface area (TPSA) is 60.9 Å². The highest BCUT2D eigenvalue weighted by molar-refractivity contribution is 5.99. The van der Waals surface area contributed by atoms with Gasteiger partial charge in [0.15, 0.2) is 0 Å². The Morgan fingerprint density at radius 3 is 2.76 bits per heavy atom. The zero-order valence-corrected chi connectivity index (χ0v) is 14.6. The van der Waals surface area contributed by atoms with Crippen LogP contribution < -0.4 is 4.90 Å². The van der Waals surface area contributed by atoms with Crippen LogP contribution in [0.4, 0.5) is 10.1 Å². The molecule has 25 heavy (non-hydrogen) atoms. The SMILES string of the molecule is CN(CC1CCCCC1O)C(=O)c1cc(N2CCCC2=O)ccc1F. The van der Waals surface area contributed by atoms with Gasteiger partial charge in [-0.15, -0.1) is 0 Å². The van der Waals surface area contributed by atoms with E-state index in [4.69, 9.17) is 0 Å². The first kappa shape index (κ1) is 17.9. The van der Waals surface area contributed by atoms with Crippen LogP contribution in [-0.4, -0.2) is 48.1 Å². The van der Waals surface area contributed by atoms with Crippen molar-refractivity contribution in [2.75, 3.05) is 25.0 Å². The fourth-order valence-corrected chi connectivity index (χ4v) is 3.81. The molecule has 1 saturated heterocycles. The van der Waals surface area contributed by atoms with Crippen molar-refractivity contribution < 1.29 is 19.1 Å². The Bertz CT molecular complexity index is 664. The molecule has 3 rings (SSSR count). The van der Waals surface area contributed by atoms with Crippen LogP contribution in [-0.2, 0) is 4.79 Å². The van der Waals surface area contributed by atoms with E-state index in [9.17, 15) is 19.1 Å². The predicted octanol–water partition coefficient (Wildman–Crippen LogP) is 2.58. The molecule has 2 unspecified atom stereocenters. The molecule has 1 heterocycles. The first-order valence-corrected chi connectivity index (χ1v) is 9.01. The highest BCUT2D eigenvalue weighted by atomic mass is 19.1. The van der Waals surface area contributed by atoms with Crippen LogP contribution >= 0.6 is 0 Å². The molecule has 1 aromatic rings. The van der Waals surface area contributed by atoms with E-state index in [0.717, 1.165) is 32.1 Å². The molecule has 0 spiro atoms. The number of hydrogen-bond donors (Lipinski definition) is 1. The van der Waals surface area contributed by atoms with Crippen LogP contribution in [0.5, 0.6) is 0 Å². The third kappa shape index (κ3) is 3.84. The van der Waals surface area contributed by atoms with Crippen molar-refractivity contribution in [3.05, 3.63) is 29.6 Å². The van der Waals surface area contributed by atoms with Crippen molar-refractivity contribution in [2.45, 2.75) is 44.6 Å². The quantitative estimate of drug-likeness (QED) is 0.910. The van der Waals surface area contributed by atoms with Crippen molar-refractivity contribution in [3.63, 3.8) is 0 Å². The van der Waals surface area contributed by atoms with Crippen LogP contribution in [0.3, 0.4) is 0 Å². The van der Waals surface area contributed by atoms with Gasteiger partial charge in [-0.05, 0) is 37.5 Å². The van der Waals surface area contributed by atoms with E-state index in [-0.39, 0.29) is 17.4 Å². The van der Waals surface area contributed by atoms with E-state index in [1.54, 1.807) is 18.0 Å². The minimum Gasteiger partial charge on any atom is -0.393 e. The Labute approximate surface area is 147 Å². The number of nitrogens with zero attached hydrogens (tertiary/aromatic N) is 2. The zero-order valence-electron chi connectivity index (χ0n) is 14.6. The summed E-state index contributed by atoms with van der Waals surface area (Å²) in [6.07, 6.45) is 4.55. The van der Waals surface area contributed by atoms with E-state index in [2.05, 4.69) is 0 Å². The molecule has 2 aliphatic rings. The molecular formula is C19H25FN2O3. The van der Waals surface area contributed by atoms with E-state index < -0.39 is 17.8 Å². The van der Waals surface area contributed by atoms with Gasteiger partial charge in [-0.2, -0.15) is 0 Å². The number of aliphatic hydroxyl groups is 1. The standard InChI is InChI=1S/C19H25FN2O3/c1-21(12-13-5-2-3-6-17(13)23)19(25)15-11-14(8-9-16(15)20)22-10-4-7-18(22)24/h8-9,11,13,17,23H,2-7,10,12H2,1H3. The minimum atomic E-state index is -0.587. The average Bonchev–Trinajstić information content (AvgIpc) is 3.03. The second kappa shape index (κ2) is 7.52. The highest BCUT2D eigenvalue weighted by Crippen LogP contribution is 2.27. The third-order valence-corrected chi connectivity index (χ3v) is 5.29. The molecular weight excluding hydrogens is 323 g/mol. The molecule has 1 aromatic carbocycles. The third-order valence-electron chi connectivity index (χ3n) is 5.29. The Morgan fingerprint density at radius 1 is 1.32 bits per heavy atom. The van der Waals surface area contributed by atoms with Gasteiger partial charge < -0.3 is 14.9 Å². The van der Waals surface area contributed by atoms with Gasteiger partial charge in [-0.1, -0.05) is 12.8 Å². The highest BCUT2D eigenvalue weighted by Gasteiger charge is 2.28. The van der Waals surface area contributed by atoms with Gasteiger partial charge >= 0.3 is 0 Å². The first-order chi connectivity index (χ1) is 12.0. The molecule has 1 aliphatic heterocycles. The number of aliphatic hydroxyl groups excluding tert-OH is 1. The maximum Gasteiger partial charge on any atom is 0.256 e. The predicted molar refractivity (Wildman–Crippen MR) is 92.9 cm³/mol. The van der Waals surface area contributed by atoms with Crippen molar-refractivity contribution in [1.29, 1.82) is 0 Å². The summed E-state index contributed by atoms with van der Waals surface area (Å²) < 4.78 is 14.2. The van der Waals surface area contributed by atoms with Crippen LogP contribution in [0.2, 0.25) is 0 Å². The Balaban J connectivity index is 1.75. The van der Waals surface area contributed by atoms with Crippen molar-refractivity contribution in [3.8, 4) is 0 Å². The van der Waals surface area contributed by atoms with Crippen molar-refractivity contribution >= 4 is 17.5 Å². The maximum atomic E-state index is 14.2. The van der Waals surface area contributed by atoms with Gasteiger partial charge in [0.25, 0.3) is 5.91 Å². The van der Waals surface area contributed by atoms with Crippen LogP contribution in [0.1, 0.15) is 48.9 Å². The van der Waals surface area contributed by atoms with E-state index >= 15 is 0 Å².